The Morgan fingerprint density at radius 2 is 0.851 bits per heavy atom. The highest BCUT2D eigenvalue weighted by atomic mass is 35.5. The van der Waals surface area contributed by atoms with Crippen LogP contribution in [0.5, 0.6) is 0 Å². The fraction of sp³-hybridized carbons (Fsp3) is 0.854. The third-order valence-corrected chi connectivity index (χ3v) is 8.58. The molecule has 0 aliphatic heterocycles. The van der Waals surface area contributed by atoms with Crippen LogP contribution >= 0.6 is 12.4 Å². The predicted molar refractivity (Wildman–Crippen MR) is 206 cm³/mol. The van der Waals surface area contributed by atoms with Gasteiger partial charge in [-0.2, -0.15) is 0 Å². The van der Waals surface area contributed by atoms with Crippen molar-refractivity contribution in [3.05, 3.63) is 24.3 Å². The van der Waals surface area contributed by atoms with Gasteiger partial charge in [-0.25, -0.2) is 0 Å². The summed E-state index contributed by atoms with van der Waals surface area (Å²) in [5.41, 5.74) is 0. The van der Waals surface area contributed by atoms with Gasteiger partial charge in [0.2, 0.25) is 0 Å². The van der Waals surface area contributed by atoms with Gasteiger partial charge in [-0.15, -0.1) is 12.4 Å². The number of unbranched alkanes of at least 4 members (excludes halogenated alkanes) is 22. The Balaban J connectivity index is 0. The van der Waals surface area contributed by atoms with Crippen LogP contribution in [0.25, 0.3) is 0 Å². The van der Waals surface area contributed by atoms with Crippen molar-refractivity contribution in [2.45, 2.75) is 200 Å². The highest BCUT2D eigenvalue weighted by Crippen LogP contribution is 2.13. The highest BCUT2D eigenvalue weighted by Gasteiger charge is 2.18. The Bertz CT molecular complexity index is 724. The van der Waals surface area contributed by atoms with Gasteiger partial charge < -0.3 is 14.4 Å². The zero-order valence-electron chi connectivity index (χ0n) is 31.6. The third kappa shape index (κ3) is 39.0. The number of rotatable bonds is 35. The Morgan fingerprint density at radius 1 is 0.511 bits per heavy atom. The van der Waals surface area contributed by atoms with E-state index in [2.05, 4.69) is 38.2 Å². The zero-order chi connectivity index (χ0) is 33.8. The third-order valence-electron chi connectivity index (χ3n) is 8.58. The van der Waals surface area contributed by atoms with Crippen molar-refractivity contribution in [3.63, 3.8) is 0 Å². The van der Waals surface area contributed by atoms with Gasteiger partial charge in [-0.3, -0.25) is 9.59 Å². The average molecular weight is 685 g/mol. The summed E-state index contributed by atoms with van der Waals surface area (Å²) in [5, 5.41) is 0. The smallest absolute Gasteiger partial charge is 0.306 e. The van der Waals surface area contributed by atoms with Crippen LogP contribution in [0, 0.1) is 0 Å². The summed E-state index contributed by atoms with van der Waals surface area (Å²) in [6.07, 6.45) is 42.0. The van der Waals surface area contributed by atoms with E-state index >= 15 is 0 Å². The van der Waals surface area contributed by atoms with E-state index in [-0.39, 0.29) is 31.0 Å². The number of allylic oxidation sites excluding steroid dienone is 4. The van der Waals surface area contributed by atoms with Crippen LogP contribution in [0.4, 0.5) is 0 Å². The molecule has 0 aromatic heterocycles. The summed E-state index contributed by atoms with van der Waals surface area (Å²) in [4.78, 5) is 26.7. The van der Waals surface area contributed by atoms with Crippen molar-refractivity contribution < 1.29 is 19.1 Å². The van der Waals surface area contributed by atoms with Crippen LogP contribution < -0.4 is 0 Å². The van der Waals surface area contributed by atoms with Gasteiger partial charge >= 0.3 is 11.9 Å². The van der Waals surface area contributed by atoms with E-state index in [0.29, 0.717) is 19.4 Å². The standard InChI is InChI=1S/C41H77NO4.ClH/c1-5-7-9-11-13-15-17-19-21-23-25-27-29-31-33-35-40(43)45-38-39(37-42(3)4)46-41(44)36-34-32-30-28-26-24-22-20-18-16-14-12-10-8-6-2;/h19-22,39H,5-18,23-38H2,1-4H3;1H. The van der Waals surface area contributed by atoms with E-state index in [1.54, 1.807) is 0 Å². The highest BCUT2D eigenvalue weighted by molar-refractivity contribution is 5.85. The Kier molecular flexibility index (Phi) is 39.8. The van der Waals surface area contributed by atoms with Gasteiger partial charge in [0.15, 0.2) is 0 Å². The molecule has 0 aliphatic rings. The lowest BCUT2D eigenvalue weighted by Crippen LogP contribution is -2.34. The van der Waals surface area contributed by atoms with Crippen molar-refractivity contribution in [2.24, 2.45) is 0 Å². The van der Waals surface area contributed by atoms with E-state index in [0.717, 1.165) is 38.5 Å². The fourth-order valence-corrected chi connectivity index (χ4v) is 5.71. The number of carbonyl (C=O) groups excluding carboxylic acids is 2. The van der Waals surface area contributed by atoms with Crippen LogP contribution in [-0.2, 0) is 19.1 Å². The molecular weight excluding hydrogens is 606 g/mol. The minimum atomic E-state index is -0.413. The number of esters is 2. The van der Waals surface area contributed by atoms with Crippen LogP contribution in [0.1, 0.15) is 194 Å². The summed E-state index contributed by atoms with van der Waals surface area (Å²) in [6.45, 7) is 5.23. The van der Waals surface area contributed by atoms with Crippen molar-refractivity contribution >= 4 is 24.3 Å². The van der Waals surface area contributed by atoms with E-state index in [1.165, 1.54) is 128 Å². The maximum Gasteiger partial charge on any atom is 0.306 e. The average Bonchev–Trinajstić information content (AvgIpc) is 3.03. The van der Waals surface area contributed by atoms with Gasteiger partial charge in [0, 0.05) is 19.4 Å². The van der Waals surface area contributed by atoms with Crippen molar-refractivity contribution in [2.75, 3.05) is 27.2 Å². The number of likely N-dealkylation sites (N-methyl/N-ethyl adjacent to an activating group) is 1. The number of halogens is 1. The molecule has 6 heteroatoms. The normalized spacial score (nSPS) is 12.2. The summed E-state index contributed by atoms with van der Waals surface area (Å²) < 4.78 is 11.2. The molecule has 5 nitrogen and oxygen atoms in total. The van der Waals surface area contributed by atoms with E-state index in [9.17, 15) is 9.59 Å². The topological polar surface area (TPSA) is 55.8 Å². The molecule has 0 aliphatic carbocycles. The lowest BCUT2D eigenvalue weighted by atomic mass is 10.1. The van der Waals surface area contributed by atoms with Gasteiger partial charge in [0.25, 0.3) is 0 Å². The summed E-state index contributed by atoms with van der Waals surface area (Å²) in [5.74, 6) is -0.368. The minimum absolute atomic E-state index is 0. The van der Waals surface area contributed by atoms with Crippen LogP contribution in [0.3, 0.4) is 0 Å². The van der Waals surface area contributed by atoms with E-state index < -0.39 is 6.10 Å². The minimum Gasteiger partial charge on any atom is -0.462 e. The number of hydrogen-bond donors (Lipinski definition) is 0. The lowest BCUT2D eigenvalue weighted by molar-refractivity contribution is -0.160. The van der Waals surface area contributed by atoms with Gasteiger partial charge in [0.05, 0.1) is 0 Å². The molecule has 0 radical (unpaired) electrons. The first-order valence-electron chi connectivity index (χ1n) is 19.8. The summed E-state index contributed by atoms with van der Waals surface area (Å²) in [6, 6.07) is 0. The first kappa shape index (κ1) is 47.8. The molecule has 0 amide bonds. The molecular formula is C41H78ClNO4. The summed E-state index contributed by atoms with van der Waals surface area (Å²) in [7, 11) is 3.88. The van der Waals surface area contributed by atoms with Crippen LogP contribution in [0.15, 0.2) is 24.3 Å². The second-order valence-electron chi connectivity index (χ2n) is 13.7. The second-order valence-corrected chi connectivity index (χ2v) is 13.7. The fourth-order valence-electron chi connectivity index (χ4n) is 5.71. The molecule has 0 N–H and O–H groups in total. The molecule has 47 heavy (non-hydrogen) atoms. The molecule has 278 valence electrons. The van der Waals surface area contributed by atoms with E-state index in [1.807, 2.05) is 19.0 Å². The van der Waals surface area contributed by atoms with Gasteiger partial charge in [0.1, 0.15) is 12.7 Å². The molecule has 0 bridgehead atoms. The van der Waals surface area contributed by atoms with E-state index in [4.69, 9.17) is 9.47 Å². The lowest BCUT2D eigenvalue weighted by Gasteiger charge is -2.21. The molecule has 1 unspecified atom stereocenters. The zero-order valence-corrected chi connectivity index (χ0v) is 32.4. The molecule has 0 spiro atoms. The van der Waals surface area contributed by atoms with Crippen LogP contribution in [-0.4, -0.2) is 50.2 Å². The molecule has 0 aromatic carbocycles. The first-order valence-corrected chi connectivity index (χ1v) is 19.8. The van der Waals surface area contributed by atoms with Crippen LogP contribution in [0.2, 0.25) is 0 Å². The Labute approximate surface area is 298 Å². The van der Waals surface area contributed by atoms with Gasteiger partial charge in [-0.05, 0) is 78.3 Å². The van der Waals surface area contributed by atoms with Crippen molar-refractivity contribution in [1.29, 1.82) is 0 Å². The number of nitrogens with zero attached hydrogens (tertiary/aromatic N) is 1. The number of carbonyl (C=O) groups is 2. The van der Waals surface area contributed by atoms with Crippen molar-refractivity contribution in [1.82, 2.24) is 4.90 Å². The van der Waals surface area contributed by atoms with Crippen molar-refractivity contribution in [3.8, 4) is 0 Å². The monoisotopic (exact) mass is 684 g/mol. The second kappa shape index (κ2) is 39.1. The molecule has 0 fully saturated rings. The molecule has 1 atom stereocenters. The Hall–Kier alpha value is -1.33. The summed E-state index contributed by atoms with van der Waals surface area (Å²) >= 11 is 0. The SMILES string of the molecule is CCCCCCCCC=CCCCCCCCC(=O)OCC(CN(C)C)OC(=O)CCCCCCCC=CCCCCCCCC.Cl. The largest absolute Gasteiger partial charge is 0.462 e. The maximum absolute atomic E-state index is 12.4. The first-order chi connectivity index (χ1) is 22.5. The molecule has 0 saturated carbocycles. The predicted octanol–water partition coefficient (Wildman–Crippen LogP) is 12.5. The quantitative estimate of drug-likeness (QED) is 0.0378. The Morgan fingerprint density at radius 3 is 1.23 bits per heavy atom. The molecule has 0 heterocycles. The molecule has 0 saturated heterocycles. The molecule has 0 aromatic rings. The van der Waals surface area contributed by atoms with Gasteiger partial charge in [-0.1, -0.05) is 141 Å². The molecule has 0 rings (SSSR count). The number of hydrogen-bond acceptors (Lipinski definition) is 5. The number of ether oxygens (including phenoxy) is 2. The maximum atomic E-state index is 12.4.